The molecule has 0 bridgehead atoms. The van der Waals surface area contributed by atoms with E-state index in [0.29, 0.717) is 23.5 Å². The number of piperidine rings is 1. The lowest BCUT2D eigenvalue weighted by atomic mass is 10.0. The summed E-state index contributed by atoms with van der Waals surface area (Å²) in [5.74, 6) is -0.623. The van der Waals surface area contributed by atoms with Crippen LogP contribution in [-0.4, -0.2) is 39.7 Å². The van der Waals surface area contributed by atoms with Crippen molar-refractivity contribution < 1.29 is 9.18 Å². The quantitative estimate of drug-likeness (QED) is 0.398. The Kier molecular flexibility index (Phi) is 5.68. The molecule has 0 saturated carbocycles. The van der Waals surface area contributed by atoms with Crippen molar-refractivity contribution in [1.82, 2.24) is 14.7 Å². The second-order valence-electron chi connectivity index (χ2n) is 8.73. The molecule has 0 unspecified atom stereocenters. The number of nitrogens with two attached hydrogens (primary N) is 1. The summed E-state index contributed by atoms with van der Waals surface area (Å²) in [7, 11) is 1.91. The van der Waals surface area contributed by atoms with Crippen LogP contribution in [0.2, 0.25) is 0 Å². The molecule has 1 aliphatic heterocycles. The van der Waals surface area contributed by atoms with Gasteiger partial charge >= 0.3 is 0 Å². The number of benzene rings is 2. The van der Waals surface area contributed by atoms with E-state index in [2.05, 4.69) is 16.0 Å². The van der Waals surface area contributed by atoms with Crippen molar-refractivity contribution in [1.29, 1.82) is 0 Å². The maximum atomic E-state index is 14.5. The predicted octanol–water partition coefficient (Wildman–Crippen LogP) is 5.53. The van der Waals surface area contributed by atoms with Gasteiger partial charge < -0.3 is 10.6 Å². The number of hydrogen-bond acceptors (Lipinski definition) is 4. The average molecular weight is 474 g/mol. The van der Waals surface area contributed by atoms with Gasteiger partial charge in [-0.3, -0.25) is 9.48 Å². The Morgan fingerprint density at radius 2 is 2.03 bits per heavy atom. The molecule has 1 aliphatic rings. The fraction of sp³-hybridized carbons (Fsp3) is 0.269. The number of amides is 1. The highest BCUT2D eigenvalue weighted by molar-refractivity contribution is 7.18. The predicted molar refractivity (Wildman–Crippen MR) is 134 cm³/mol. The molecule has 1 saturated heterocycles. The SMILES string of the molecule is [C-]#[N+]c1ccc(-c2cc(C(=O)N3CCC[C@@H](N)C3)sc2-c2ccc3nn(C)c(C)c3c2)cc1F. The number of aromatic nitrogens is 2. The van der Waals surface area contributed by atoms with Gasteiger partial charge in [-0.1, -0.05) is 18.2 Å². The minimum atomic E-state index is -0.571. The van der Waals surface area contributed by atoms with Crippen LogP contribution < -0.4 is 5.73 Å². The summed E-state index contributed by atoms with van der Waals surface area (Å²) >= 11 is 1.41. The van der Waals surface area contributed by atoms with Crippen LogP contribution >= 0.6 is 11.3 Å². The van der Waals surface area contributed by atoms with E-state index < -0.39 is 5.82 Å². The Hall–Kier alpha value is -3.54. The number of halogens is 1. The van der Waals surface area contributed by atoms with Gasteiger partial charge in [-0.2, -0.15) is 5.10 Å². The van der Waals surface area contributed by atoms with Crippen LogP contribution in [0.3, 0.4) is 0 Å². The standard InChI is InChI=1S/C26H24FN5OS/c1-15-19-11-17(7-8-22(19)30-31(15)3)25-20(16-6-9-23(29-2)21(27)12-16)13-24(34-25)26(33)32-10-4-5-18(28)14-32/h6-9,11-13,18H,4-5,10,14,28H2,1,3H3/t18-/m1/s1. The average Bonchev–Trinajstić information content (AvgIpc) is 3.40. The van der Waals surface area contributed by atoms with Crippen LogP contribution in [0.1, 0.15) is 28.2 Å². The van der Waals surface area contributed by atoms with E-state index in [1.54, 1.807) is 6.07 Å². The van der Waals surface area contributed by atoms with Crippen molar-refractivity contribution in [3.05, 3.63) is 70.3 Å². The monoisotopic (exact) mass is 473 g/mol. The number of nitrogens with zero attached hydrogens (tertiary/aromatic N) is 4. The van der Waals surface area contributed by atoms with Crippen molar-refractivity contribution in [3.8, 4) is 21.6 Å². The molecule has 2 aromatic heterocycles. The van der Waals surface area contributed by atoms with Gasteiger partial charge in [-0.05, 0) is 55.2 Å². The van der Waals surface area contributed by atoms with Gasteiger partial charge in [0.05, 0.1) is 17.0 Å². The molecule has 1 atom stereocenters. The van der Waals surface area contributed by atoms with Gasteiger partial charge in [-0.15, -0.1) is 11.3 Å². The summed E-state index contributed by atoms with van der Waals surface area (Å²) in [5.41, 5.74) is 10.4. The van der Waals surface area contributed by atoms with Crippen LogP contribution in [0.5, 0.6) is 0 Å². The van der Waals surface area contributed by atoms with E-state index in [9.17, 15) is 9.18 Å². The van der Waals surface area contributed by atoms with Crippen LogP contribution in [0.4, 0.5) is 10.1 Å². The fourth-order valence-electron chi connectivity index (χ4n) is 4.51. The minimum Gasteiger partial charge on any atom is -0.336 e. The summed E-state index contributed by atoms with van der Waals surface area (Å²) < 4.78 is 16.4. The number of hydrogen-bond donors (Lipinski definition) is 1. The molecule has 8 heteroatoms. The molecule has 1 amide bonds. The summed E-state index contributed by atoms with van der Waals surface area (Å²) in [5, 5.41) is 5.56. The number of fused-ring (bicyclic) bond motifs is 1. The number of aryl methyl sites for hydroxylation is 2. The van der Waals surface area contributed by atoms with Gasteiger partial charge in [0.2, 0.25) is 5.69 Å². The first-order chi connectivity index (χ1) is 16.4. The van der Waals surface area contributed by atoms with Gasteiger partial charge in [0.1, 0.15) is 5.82 Å². The first-order valence-corrected chi connectivity index (χ1v) is 12.0. The third-order valence-electron chi connectivity index (χ3n) is 6.46. The lowest BCUT2D eigenvalue weighted by Gasteiger charge is -2.30. The summed E-state index contributed by atoms with van der Waals surface area (Å²) in [4.78, 5) is 19.9. The molecule has 34 heavy (non-hydrogen) atoms. The number of thiophene rings is 1. The Morgan fingerprint density at radius 1 is 1.24 bits per heavy atom. The molecule has 5 rings (SSSR count). The highest BCUT2D eigenvalue weighted by atomic mass is 32.1. The molecule has 0 spiro atoms. The zero-order chi connectivity index (χ0) is 24.0. The lowest BCUT2D eigenvalue weighted by Crippen LogP contribution is -2.45. The Morgan fingerprint density at radius 3 is 2.76 bits per heavy atom. The molecule has 3 heterocycles. The zero-order valence-corrected chi connectivity index (χ0v) is 19.8. The van der Waals surface area contributed by atoms with Gasteiger partial charge in [0.25, 0.3) is 5.91 Å². The van der Waals surface area contributed by atoms with Gasteiger partial charge in [0, 0.05) is 47.7 Å². The topological polar surface area (TPSA) is 68.5 Å². The van der Waals surface area contributed by atoms with Crippen LogP contribution in [0.25, 0.3) is 37.3 Å². The summed E-state index contributed by atoms with van der Waals surface area (Å²) in [6, 6.07) is 12.4. The van der Waals surface area contributed by atoms with E-state index in [-0.39, 0.29) is 17.6 Å². The number of carbonyl (C=O) groups is 1. The normalized spacial score (nSPS) is 16.1. The summed E-state index contributed by atoms with van der Waals surface area (Å²) in [6.07, 6.45) is 1.81. The molecular weight excluding hydrogens is 449 g/mol. The summed E-state index contributed by atoms with van der Waals surface area (Å²) in [6.45, 7) is 10.4. The highest BCUT2D eigenvalue weighted by Crippen LogP contribution is 2.42. The number of likely N-dealkylation sites (tertiary alicyclic amines) is 1. The largest absolute Gasteiger partial charge is 0.336 e. The zero-order valence-electron chi connectivity index (χ0n) is 19.0. The molecule has 172 valence electrons. The molecule has 2 N–H and O–H groups in total. The lowest BCUT2D eigenvalue weighted by molar-refractivity contribution is 0.0714. The molecular formula is C26H24FN5OS. The van der Waals surface area contributed by atoms with Crippen molar-refractivity contribution in [2.75, 3.05) is 13.1 Å². The molecule has 2 aromatic carbocycles. The van der Waals surface area contributed by atoms with E-state index in [4.69, 9.17) is 12.3 Å². The van der Waals surface area contributed by atoms with Gasteiger partial charge in [0.15, 0.2) is 0 Å². The van der Waals surface area contributed by atoms with Crippen molar-refractivity contribution in [3.63, 3.8) is 0 Å². The van der Waals surface area contributed by atoms with Gasteiger partial charge in [-0.25, -0.2) is 9.24 Å². The third kappa shape index (κ3) is 3.87. The smallest absolute Gasteiger partial charge is 0.264 e. The Labute approximate surface area is 201 Å². The van der Waals surface area contributed by atoms with Crippen LogP contribution in [0.15, 0.2) is 42.5 Å². The van der Waals surface area contributed by atoms with Crippen molar-refractivity contribution in [2.45, 2.75) is 25.8 Å². The van der Waals surface area contributed by atoms with Crippen molar-refractivity contribution >= 4 is 33.8 Å². The van der Waals surface area contributed by atoms with Crippen LogP contribution in [-0.2, 0) is 7.05 Å². The minimum absolute atomic E-state index is 0.0113. The molecule has 1 fully saturated rings. The fourth-order valence-corrected chi connectivity index (χ4v) is 5.65. The second-order valence-corrected chi connectivity index (χ2v) is 9.78. The van der Waals surface area contributed by atoms with E-state index in [0.717, 1.165) is 45.4 Å². The Balaban J connectivity index is 1.65. The second kappa shape index (κ2) is 8.67. The van der Waals surface area contributed by atoms with E-state index in [1.165, 1.54) is 23.5 Å². The molecule has 0 aliphatic carbocycles. The maximum Gasteiger partial charge on any atom is 0.264 e. The van der Waals surface area contributed by atoms with Crippen LogP contribution in [0, 0.1) is 19.3 Å². The first kappa shape index (κ1) is 22.3. The number of rotatable bonds is 3. The third-order valence-corrected chi connectivity index (χ3v) is 7.63. The highest BCUT2D eigenvalue weighted by Gasteiger charge is 2.26. The van der Waals surface area contributed by atoms with Crippen molar-refractivity contribution in [2.24, 2.45) is 12.8 Å². The molecule has 6 nitrogen and oxygen atoms in total. The maximum absolute atomic E-state index is 14.5. The number of carbonyl (C=O) groups excluding carboxylic acids is 1. The molecule has 0 radical (unpaired) electrons. The molecule has 4 aromatic rings. The van der Waals surface area contributed by atoms with E-state index in [1.807, 2.05) is 41.8 Å². The Bertz CT molecular complexity index is 1460. The van der Waals surface area contributed by atoms with E-state index >= 15 is 0 Å². The first-order valence-electron chi connectivity index (χ1n) is 11.2.